The lowest BCUT2D eigenvalue weighted by molar-refractivity contribution is -0.156. The van der Waals surface area contributed by atoms with E-state index in [0.717, 1.165) is 17.9 Å². The molecule has 0 radical (unpaired) electrons. The highest BCUT2D eigenvalue weighted by Gasteiger charge is 2.26. The highest BCUT2D eigenvalue weighted by atomic mass is 16.5. The minimum absolute atomic E-state index is 0.425. The molecule has 5 nitrogen and oxygen atoms in total. The van der Waals surface area contributed by atoms with Gasteiger partial charge in [0.15, 0.2) is 6.10 Å². The Morgan fingerprint density at radius 2 is 2.42 bits per heavy atom. The third-order valence-corrected chi connectivity index (χ3v) is 3.04. The van der Waals surface area contributed by atoms with Crippen LogP contribution < -0.4 is 4.74 Å². The Labute approximate surface area is 112 Å². The molecule has 2 rings (SSSR count). The summed E-state index contributed by atoms with van der Waals surface area (Å²) in [6.45, 7) is 4.95. The molecular formula is C14H19NO4. The molecule has 1 unspecified atom stereocenters. The van der Waals surface area contributed by atoms with Gasteiger partial charge in [0, 0.05) is 19.6 Å². The molecule has 1 fully saturated rings. The SMILES string of the molecule is CCOc1cccc(CN2CCOC(C(=O)O)C2)c1. The monoisotopic (exact) mass is 265 g/mol. The zero-order valence-corrected chi connectivity index (χ0v) is 11.0. The Bertz CT molecular complexity index is 435. The third kappa shape index (κ3) is 3.94. The summed E-state index contributed by atoms with van der Waals surface area (Å²) in [6, 6.07) is 7.89. The molecule has 5 heteroatoms. The van der Waals surface area contributed by atoms with Gasteiger partial charge in [0.25, 0.3) is 0 Å². The molecule has 0 saturated carbocycles. The predicted molar refractivity (Wildman–Crippen MR) is 70.3 cm³/mol. The minimum atomic E-state index is -0.896. The zero-order valence-electron chi connectivity index (χ0n) is 11.0. The fraction of sp³-hybridized carbons (Fsp3) is 0.500. The topological polar surface area (TPSA) is 59.0 Å². The van der Waals surface area contributed by atoms with Gasteiger partial charge < -0.3 is 14.6 Å². The summed E-state index contributed by atoms with van der Waals surface area (Å²) in [4.78, 5) is 13.0. The maximum Gasteiger partial charge on any atom is 0.334 e. The average molecular weight is 265 g/mol. The number of carboxylic acids is 1. The van der Waals surface area contributed by atoms with Crippen molar-refractivity contribution in [3.05, 3.63) is 29.8 Å². The Kier molecular flexibility index (Phi) is 4.76. The van der Waals surface area contributed by atoms with E-state index in [1.165, 1.54) is 0 Å². The molecular weight excluding hydrogens is 246 g/mol. The first kappa shape index (κ1) is 13.8. The van der Waals surface area contributed by atoms with Gasteiger partial charge in [-0.15, -0.1) is 0 Å². The van der Waals surface area contributed by atoms with E-state index in [0.29, 0.717) is 26.3 Å². The number of morpholine rings is 1. The fourth-order valence-electron chi connectivity index (χ4n) is 2.15. The van der Waals surface area contributed by atoms with Crippen LogP contribution in [0.5, 0.6) is 5.75 Å². The first-order valence-corrected chi connectivity index (χ1v) is 6.47. The molecule has 1 atom stereocenters. The van der Waals surface area contributed by atoms with Crippen LogP contribution >= 0.6 is 0 Å². The quantitative estimate of drug-likeness (QED) is 0.871. The van der Waals surface area contributed by atoms with Gasteiger partial charge >= 0.3 is 5.97 Å². The molecule has 0 amide bonds. The van der Waals surface area contributed by atoms with Crippen LogP contribution in [0.15, 0.2) is 24.3 Å². The van der Waals surface area contributed by atoms with Gasteiger partial charge in [-0.2, -0.15) is 0 Å². The number of hydrogen-bond acceptors (Lipinski definition) is 4. The Morgan fingerprint density at radius 3 is 3.16 bits per heavy atom. The van der Waals surface area contributed by atoms with Crippen LogP contribution in [0.2, 0.25) is 0 Å². The van der Waals surface area contributed by atoms with E-state index >= 15 is 0 Å². The predicted octanol–water partition coefficient (Wildman–Crippen LogP) is 1.37. The van der Waals surface area contributed by atoms with Crippen molar-refractivity contribution in [1.29, 1.82) is 0 Å². The fourth-order valence-corrected chi connectivity index (χ4v) is 2.15. The summed E-state index contributed by atoms with van der Waals surface area (Å²) in [5.74, 6) is -0.0455. The van der Waals surface area contributed by atoms with E-state index in [2.05, 4.69) is 4.90 Å². The summed E-state index contributed by atoms with van der Waals surface area (Å²) < 4.78 is 10.7. The van der Waals surface area contributed by atoms with E-state index < -0.39 is 12.1 Å². The highest BCUT2D eigenvalue weighted by Crippen LogP contribution is 2.16. The van der Waals surface area contributed by atoms with Gasteiger partial charge in [-0.05, 0) is 24.6 Å². The van der Waals surface area contributed by atoms with Crippen molar-refractivity contribution < 1.29 is 19.4 Å². The molecule has 19 heavy (non-hydrogen) atoms. The van der Waals surface area contributed by atoms with Gasteiger partial charge in [0.2, 0.25) is 0 Å². The lowest BCUT2D eigenvalue weighted by Gasteiger charge is -2.30. The van der Waals surface area contributed by atoms with Crippen molar-refractivity contribution in [1.82, 2.24) is 4.90 Å². The molecule has 104 valence electrons. The molecule has 0 aromatic heterocycles. The second-order valence-corrected chi connectivity index (χ2v) is 4.51. The molecule has 1 aromatic carbocycles. The maximum absolute atomic E-state index is 10.9. The van der Waals surface area contributed by atoms with Crippen LogP contribution in [0, 0.1) is 0 Å². The molecule has 1 N–H and O–H groups in total. The first-order chi connectivity index (χ1) is 9.19. The van der Waals surface area contributed by atoms with Crippen molar-refractivity contribution in [3.63, 3.8) is 0 Å². The number of carboxylic acid groups (broad SMARTS) is 1. The van der Waals surface area contributed by atoms with Gasteiger partial charge in [-0.25, -0.2) is 4.79 Å². The Morgan fingerprint density at radius 1 is 1.58 bits per heavy atom. The van der Waals surface area contributed by atoms with Crippen molar-refractivity contribution >= 4 is 5.97 Å². The summed E-state index contributed by atoms with van der Waals surface area (Å²) in [6.07, 6.45) is -0.719. The summed E-state index contributed by atoms with van der Waals surface area (Å²) in [5.41, 5.74) is 1.12. The maximum atomic E-state index is 10.9. The summed E-state index contributed by atoms with van der Waals surface area (Å²) >= 11 is 0. The standard InChI is InChI=1S/C14H19NO4/c1-2-18-12-5-3-4-11(8-12)9-15-6-7-19-13(10-15)14(16)17/h3-5,8,13H,2,6-7,9-10H2,1H3,(H,16,17). The largest absolute Gasteiger partial charge is 0.494 e. The summed E-state index contributed by atoms with van der Waals surface area (Å²) in [5, 5.41) is 8.96. The molecule has 1 heterocycles. The number of carbonyl (C=O) groups is 1. The second kappa shape index (κ2) is 6.54. The van der Waals surface area contributed by atoms with Crippen LogP contribution in [0.1, 0.15) is 12.5 Å². The number of benzene rings is 1. The molecule has 1 aliphatic rings. The number of nitrogens with zero attached hydrogens (tertiary/aromatic N) is 1. The van der Waals surface area contributed by atoms with E-state index in [1.807, 2.05) is 31.2 Å². The normalized spacial score (nSPS) is 20.2. The third-order valence-electron chi connectivity index (χ3n) is 3.04. The Balaban J connectivity index is 1.96. The summed E-state index contributed by atoms with van der Waals surface area (Å²) in [7, 11) is 0. The van der Waals surface area contributed by atoms with Gasteiger partial charge in [-0.3, -0.25) is 4.90 Å². The van der Waals surface area contributed by atoms with Crippen molar-refractivity contribution in [3.8, 4) is 5.75 Å². The molecule has 0 bridgehead atoms. The molecule has 1 aromatic rings. The number of rotatable bonds is 5. The molecule has 1 saturated heterocycles. The number of hydrogen-bond donors (Lipinski definition) is 1. The van der Waals surface area contributed by atoms with E-state index in [4.69, 9.17) is 14.6 Å². The molecule has 1 aliphatic heterocycles. The van der Waals surface area contributed by atoms with Crippen LogP contribution in [0.3, 0.4) is 0 Å². The minimum Gasteiger partial charge on any atom is -0.494 e. The van der Waals surface area contributed by atoms with Crippen molar-refractivity contribution in [2.24, 2.45) is 0 Å². The van der Waals surface area contributed by atoms with Crippen molar-refractivity contribution in [2.45, 2.75) is 19.6 Å². The van der Waals surface area contributed by atoms with E-state index in [1.54, 1.807) is 0 Å². The molecule has 0 aliphatic carbocycles. The van der Waals surface area contributed by atoms with Crippen LogP contribution in [0.25, 0.3) is 0 Å². The van der Waals surface area contributed by atoms with Gasteiger partial charge in [0.1, 0.15) is 5.75 Å². The average Bonchev–Trinajstić information content (AvgIpc) is 2.40. The molecule has 0 spiro atoms. The van der Waals surface area contributed by atoms with E-state index in [-0.39, 0.29) is 0 Å². The zero-order chi connectivity index (χ0) is 13.7. The lowest BCUT2D eigenvalue weighted by atomic mass is 10.2. The number of aliphatic carboxylic acids is 1. The van der Waals surface area contributed by atoms with Crippen LogP contribution in [-0.2, 0) is 16.1 Å². The van der Waals surface area contributed by atoms with Crippen molar-refractivity contribution in [2.75, 3.05) is 26.3 Å². The van der Waals surface area contributed by atoms with Gasteiger partial charge in [-0.1, -0.05) is 12.1 Å². The first-order valence-electron chi connectivity index (χ1n) is 6.47. The van der Waals surface area contributed by atoms with Gasteiger partial charge in [0.05, 0.1) is 13.2 Å². The smallest absolute Gasteiger partial charge is 0.334 e. The Hall–Kier alpha value is -1.59. The van der Waals surface area contributed by atoms with Crippen LogP contribution in [0.4, 0.5) is 0 Å². The number of ether oxygens (including phenoxy) is 2. The van der Waals surface area contributed by atoms with Crippen LogP contribution in [-0.4, -0.2) is 48.4 Å². The second-order valence-electron chi connectivity index (χ2n) is 4.51. The highest BCUT2D eigenvalue weighted by molar-refractivity contribution is 5.72. The van der Waals surface area contributed by atoms with E-state index in [9.17, 15) is 4.79 Å². The lowest BCUT2D eigenvalue weighted by Crippen LogP contribution is -2.45.